The number of likely N-dealkylation sites (N-methyl/N-ethyl adjacent to an activating group) is 1. The highest BCUT2D eigenvalue weighted by atomic mass is 28.3. The molecule has 2 heterocycles. The molecular formula is C44H54N3Si+. The minimum Gasteiger partial charge on any atom is -0.353 e. The molecule has 3 nitrogen and oxygen atoms in total. The van der Waals surface area contributed by atoms with Crippen LogP contribution in [0.4, 0.5) is 17.1 Å². The minimum atomic E-state index is -1.59. The van der Waals surface area contributed by atoms with Gasteiger partial charge in [-0.25, -0.2) is 0 Å². The molecule has 1 aliphatic rings. The molecule has 248 valence electrons. The second-order valence-corrected chi connectivity index (χ2v) is 20.4. The Balaban J connectivity index is 1.50. The largest absolute Gasteiger partial charge is 0.353 e. The predicted octanol–water partition coefficient (Wildman–Crippen LogP) is 11.4. The Morgan fingerprint density at radius 3 is 2.17 bits per heavy atom. The van der Waals surface area contributed by atoms with Gasteiger partial charge in [-0.3, -0.25) is 0 Å². The number of rotatable bonds is 10. The molecule has 0 radical (unpaired) electrons. The van der Waals surface area contributed by atoms with E-state index in [9.17, 15) is 0 Å². The van der Waals surface area contributed by atoms with Gasteiger partial charge in [0, 0.05) is 24.0 Å². The highest BCUT2D eigenvalue weighted by Crippen LogP contribution is 2.47. The van der Waals surface area contributed by atoms with Gasteiger partial charge < -0.3 is 10.2 Å². The molecule has 5 aromatic rings. The number of anilines is 3. The van der Waals surface area contributed by atoms with E-state index in [4.69, 9.17) is 6.58 Å². The molecule has 4 aromatic carbocycles. The second-order valence-electron chi connectivity index (χ2n) is 15.4. The highest BCUT2D eigenvalue weighted by molar-refractivity contribution is 6.88. The molecule has 0 aliphatic carbocycles. The van der Waals surface area contributed by atoms with Gasteiger partial charge in [0.15, 0.2) is 6.20 Å². The molecule has 0 amide bonds. The van der Waals surface area contributed by atoms with Gasteiger partial charge in [0.2, 0.25) is 11.7 Å². The summed E-state index contributed by atoms with van der Waals surface area (Å²) >= 11 is 0. The number of hydrogen-bond acceptors (Lipinski definition) is 2. The number of nitrogens with one attached hydrogen (secondary N) is 1. The molecule has 2 atom stereocenters. The minimum absolute atomic E-state index is 0.0807. The van der Waals surface area contributed by atoms with Crippen LogP contribution in [0.1, 0.15) is 87.9 Å². The number of benzene rings is 4. The van der Waals surface area contributed by atoms with E-state index in [2.05, 4.69) is 173 Å². The molecule has 48 heavy (non-hydrogen) atoms. The Bertz CT molecular complexity index is 1940. The molecule has 1 aromatic heterocycles. The summed E-state index contributed by atoms with van der Waals surface area (Å²) in [7, 11) is 0.621. The SMILES string of the molecule is C=C(C1C(CCC)c2ccc3ccccc3c2-c2ccc([Si](C)(C)C)c[n+]21)N(C)c1ccccc1Nc1c(C(C)C)cccc1C(C)C. The lowest BCUT2D eigenvalue weighted by molar-refractivity contribution is -0.708. The molecular weight excluding hydrogens is 599 g/mol. The fourth-order valence-corrected chi connectivity index (χ4v) is 8.83. The monoisotopic (exact) mass is 652 g/mol. The number of allylic oxidation sites excluding steroid dienone is 1. The maximum Gasteiger partial charge on any atom is 0.213 e. The van der Waals surface area contributed by atoms with Gasteiger partial charge >= 0.3 is 0 Å². The van der Waals surface area contributed by atoms with Crippen molar-refractivity contribution in [1.82, 2.24) is 0 Å². The topological polar surface area (TPSA) is 19.1 Å². The quantitative estimate of drug-likeness (QED) is 0.120. The fraction of sp³-hybridized carbons (Fsp3) is 0.341. The van der Waals surface area contributed by atoms with Crippen LogP contribution in [-0.4, -0.2) is 15.1 Å². The van der Waals surface area contributed by atoms with Crippen LogP contribution in [0.5, 0.6) is 0 Å². The number of para-hydroxylation sites is 3. The molecule has 0 spiro atoms. The van der Waals surface area contributed by atoms with Gasteiger partial charge in [0.05, 0.1) is 36.6 Å². The molecule has 1 N–H and O–H groups in total. The zero-order chi connectivity index (χ0) is 34.3. The number of nitrogens with zero attached hydrogens (tertiary/aromatic N) is 2. The van der Waals surface area contributed by atoms with E-state index in [1.165, 1.54) is 49.6 Å². The maximum atomic E-state index is 4.94. The Labute approximate surface area is 290 Å². The average molecular weight is 653 g/mol. The van der Waals surface area contributed by atoms with Crippen molar-refractivity contribution in [2.75, 3.05) is 17.3 Å². The number of fused-ring (bicyclic) bond motifs is 5. The van der Waals surface area contributed by atoms with Gasteiger partial charge in [-0.2, -0.15) is 4.57 Å². The van der Waals surface area contributed by atoms with Crippen molar-refractivity contribution in [3.63, 3.8) is 0 Å². The van der Waals surface area contributed by atoms with E-state index in [1.54, 1.807) is 0 Å². The third-order valence-corrected chi connectivity index (χ3v) is 12.4. The van der Waals surface area contributed by atoms with Crippen LogP contribution in [0.15, 0.2) is 109 Å². The first-order valence-corrected chi connectivity index (χ1v) is 21.4. The smallest absolute Gasteiger partial charge is 0.213 e. The van der Waals surface area contributed by atoms with E-state index >= 15 is 0 Å². The summed E-state index contributed by atoms with van der Waals surface area (Å²) in [6, 6.07) is 34.0. The number of aromatic nitrogens is 1. The van der Waals surface area contributed by atoms with E-state index < -0.39 is 8.07 Å². The van der Waals surface area contributed by atoms with Gasteiger partial charge in [0.1, 0.15) is 0 Å². The van der Waals surface area contributed by atoms with Crippen molar-refractivity contribution in [1.29, 1.82) is 0 Å². The van der Waals surface area contributed by atoms with Crippen molar-refractivity contribution in [2.24, 2.45) is 0 Å². The van der Waals surface area contributed by atoms with E-state index in [-0.39, 0.29) is 6.04 Å². The van der Waals surface area contributed by atoms with E-state index in [0.29, 0.717) is 17.8 Å². The molecule has 2 unspecified atom stereocenters. The predicted molar refractivity (Wildman–Crippen MR) is 211 cm³/mol. The van der Waals surface area contributed by atoms with Crippen LogP contribution >= 0.6 is 0 Å². The van der Waals surface area contributed by atoms with E-state index in [0.717, 1.165) is 29.9 Å². The van der Waals surface area contributed by atoms with Crippen LogP contribution in [0.3, 0.4) is 0 Å². The Morgan fingerprint density at radius 2 is 1.50 bits per heavy atom. The summed E-state index contributed by atoms with van der Waals surface area (Å²) in [6.07, 6.45) is 4.68. The normalized spacial score (nSPS) is 15.8. The van der Waals surface area contributed by atoms with Gasteiger partial charge in [0.25, 0.3) is 0 Å². The zero-order valence-electron chi connectivity index (χ0n) is 30.6. The molecule has 0 saturated heterocycles. The summed E-state index contributed by atoms with van der Waals surface area (Å²) in [4.78, 5) is 2.35. The molecule has 0 saturated carbocycles. The summed E-state index contributed by atoms with van der Waals surface area (Å²) < 4.78 is 2.60. The highest BCUT2D eigenvalue weighted by Gasteiger charge is 2.44. The summed E-state index contributed by atoms with van der Waals surface area (Å²) in [5.74, 6) is 1.12. The van der Waals surface area contributed by atoms with Crippen LogP contribution in [0, 0.1) is 0 Å². The third kappa shape index (κ3) is 6.12. The summed E-state index contributed by atoms with van der Waals surface area (Å²) in [5, 5.41) is 8.05. The first kappa shape index (κ1) is 33.7. The molecule has 1 aliphatic heterocycles. The Hall–Kier alpha value is -4.15. The van der Waals surface area contributed by atoms with Crippen molar-refractivity contribution in [2.45, 2.75) is 90.9 Å². The van der Waals surface area contributed by atoms with E-state index in [1.807, 2.05) is 0 Å². The van der Waals surface area contributed by atoms with Gasteiger partial charge in [-0.15, -0.1) is 0 Å². The molecule has 0 bridgehead atoms. The van der Waals surface area contributed by atoms with Crippen LogP contribution in [-0.2, 0) is 0 Å². The van der Waals surface area contributed by atoms with Crippen molar-refractivity contribution in [3.8, 4) is 11.3 Å². The van der Waals surface area contributed by atoms with Gasteiger partial charge in [-0.1, -0.05) is 140 Å². The van der Waals surface area contributed by atoms with Crippen molar-refractivity contribution < 1.29 is 4.57 Å². The Kier molecular flexibility index (Phi) is 9.41. The zero-order valence-corrected chi connectivity index (χ0v) is 31.6. The Morgan fingerprint density at radius 1 is 0.833 bits per heavy atom. The van der Waals surface area contributed by atoms with Crippen LogP contribution in [0.25, 0.3) is 22.0 Å². The summed E-state index contributed by atoms with van der Waals surface area (Å²) in [6.45, 7) is 23.7. The standard InChI is InChI=1S/C44H54N3Si/c1-11-17-38-37-26-24-32-18-12-13-19-36(32)42(37)41-27-25-33(48(8,9)10)28-47(41)44(38)31(6)46(7)40-23-15-14-22-39(40)45-43-34(29(2)3)20-16-21-35(43)30(4)5/h12-16,18-30,38,44-45H,6,11,17H2,1-5,7-10H3/q+1. The lowest BCUT2D eigenvalue weighted by atomic mass is 9.77. The first-order chi connectivity index (χ1) is 22.9. The first-order valence-electron chi connectivity index (χ1n) is 17.9. The molecule has 0 fully saturated rings. The molecule has 6 rings (SSSR count). The van der Waals surface area contributed by atoms with Gasteiger partial charge in [-0.05, 0) is 57.9 Å². The second kappa shape index (κ2) is 13.4. The molecule has 4 heteroatoms. The van der Waals surface area contributed by atoms with Crippen LogP contribution in [0.2, 0.25) is 19.6 Å². The van der Waals surface area contributed by atoms with Crippen molar-refractivity contribution in [3.05, 3.63) is 126 Å². The number of pyridine rings is 1. The third-order valence-electron chi connectivity index (χ3n) is 10.4. The lowest BCUT2D eigenvalue weighted by Crippen LogP contribution is -2.54. The number of hydrogen-bond donors (Lipinski definition) is 1. The van der Waals surface area contributed by atoms with Crippen LogP contribution < -0.4 is 20.0 Å². The fourth-order valence-electron chi connectivity index (χ4n) is 7.72. The maximum absolute atomic E-state index is 4.94. The summed E-state index contributed by atoms with van der Waals surface area (Å²) in [5.41, 5.74) is 11.4. The van der Waals surface area contributed by atoms with Crippen molar-refractivity contribution >= 4 is 41.1 Å². The average Bonchev–Trinajstić information content (AvgIpc) is 3.07. The lowest BCUT2D eigenvalue weighted by Gasteiger charge is -2.36.